The van der Waals surface area contributed by atoms with E-state index in [9.17, 15) is 0 Å². The fraction of sp³-hybridized carbons (Fsp3) is 0.192. The molecule has 2 aromatic carbocycles. The van der Waals surface area contributed by atoms with Crippen LogP contribution in [0, 0.1) is 0 Å². The van der Waals surface area contributed by atoms with Crippen molar-refractivity contribution in [2.45, 2.75) is 20.0 Å². The molecular weight excluding hydrogens is 374 g/mol. The van der Waals surface area contributed by atoms with Gasteiger partial charge in [-0.2, -0.15) is 0 Å². The molecule has 3 aromatic rings. The van der Waals surface area contributed by atoms with Gasteiger partial charge in [-0.3, -0.25) is 0 Å². The van der Waals surface area contributed by atoms with Crippen LogP contribution in [0.5, 0.6) is 11.5 Å². The molecule has 0 N–H and O–H groups in total. The van der Waals surface area contributed by atoms with Crippen molar-refractivity contribution in [2.75, 3.05) is 13.7 Å². The molecule has 0 amide bonds. The molecule has 0 spiro atoms. The molecule has 4 nitrogen and oxygen atoms in total. The fourth-order valence-corrected chi connectivity index (χ4v) is 3.08. The maximum absolute atomic E-state index is 5.91. The van der Waals surface area contributed by atoms with Gasteiger partial charge in [0.15, 0.2) is 0 Å². The molecule has 0 saturated heterocycles. The zero-order valence-electron chi connectivity index (χ0n) is 17.6. The van der Waals surface area contributed by atoms with Crippen LogP contribution in [0.1, 0.15) is 19.0 Å². The highest BCUT2D eigenvalue weighted by Gasteiger charge is 2.07. The van der Waals surface area contributed by atoms with Crippen molar-refractivity contribution >= 4 is 10.9 Å². The van der Waals surface area contributed by atoms with Crippen LogP contribution in [0.4, 0.5) is 0 Å². The van der Waals surface area contributed by atoms with Gasteiger partial charge < -0.3 is 14.2 Å². The zero-order valence-corrected chi connectivity index (χ0v) is 17.6. The molecular formula is C26H27NO3. The van der Waals surface area contributed by atoms with E-state index < -0.39 is 0 Å². The monoisotopic (exact) mass is 401 g/mol. The normalized spacial score (nSPS) is 11.5. The Labute approximate surface area is 178 Å². The standard InChI is InChI=1S/C26H27NO3/c1-5-19(2)26(28-4)20(3)15-16-29-23-10-8-11-24(17-23)30-18-22-14-13-21-9-6-7-12-25(21)27-22/h5-14,17H,1,3,15-16,18H2,2,4H3/b26-19+. The van der Waals surface area contributed by atoms with E-state index in [1.54, 1.807) is 13.2 Å². The van der Waals surface area contributed by atoms with Gasteiger partial charge in [0.05, 0.1) is 24.9 Å². The summed E-state index contributed by atoms with van der Waals surface area (Å²) in [4.78, 5) is 4.64. The summed E-state index contributed by atoms with van der Waals surface area (Å²) >= 11 is 0. The topological polar surface area (TPSA) is 40.6 Å². The molecule has 3 rings (SSSR count). The first kappa shape index (κ1) is 21.2. The van der Waals surface area contributed by atoms with E-state index in [4.69, 9.17) is 14.2 Å². The predicted molar refractivity (Wildman–Crippen MR) is 122 cm³/mol. The Hall–Kier alpha value is -3.53. The van der Waals surface area contributed by atoms with E-state index >= 15 is 0 Å². The first-order valence-electron chi connectivity index (χ1n) is 9.86. The first-order valence-corrected chi connectivity index (χ1v) is 9.86. The van der Waals surface area contributed by atoms with Crippen molar-refractivity contribution in [1.82, 2.24) is 4.98 Å². The quantitative estimate of drug-likeness (QED) is 0.298. The van der Waals surface area contributed by atoms with Crippen molar-refractivity contribution in [3.63, 3.8) is 0 Å². The van der Waals surface area contributed by atoms with E-state index in [1.165, 1.54) is 0 Å². The number of rotatable bonds is 10. The number of allylic oxidation sites excluding steroid dienone is 3. The molecule has 0 aliphatic carbocycles. The Morgan fingerprint density at radius 3 is 2.53 bits per heavy atom. The van der Waals surface area contributed by atoms with Crippen LogP contribution >= 0.6 is 0 Å². The third-order valence-electron chi connectivity index (χ3n) is 4.71. The van der Waals surface area contributed by atoms with Gasteiger partial charge >= 0.3 is 0 Å². The summed E-state index contributed by atoms with van der Waals surface area (Å²) in [5.41, 5.74) is 3.68. The lowest BCUT2D eigenvalue weighted by Crippen LogP contribution is -2.03. The van der Waals surface area contributed by atoms with Gasteiger partial charge in [0, 0.05) is 17.9 Å². The molecule has 4 heteroatoms. The zero-order chi connectivity index (χ0) is 21.3. The van der Waals surface area contributed by atoms with Gasteiger partial charge in [0.2, 0.25) is 0 Å². The Morgan fingerprint density at radius 1 is 1.00 bits per heavy atom. The molecule has 0 aliphatic rings. The number of methoxy groups -OCH3 is 1. The van der Waals surface area contributed by atoms with Gasteiger partial charge in [0.25, 0.3) is 0 Å². The van der Waals surface area contributed by atoms with E-state index in [1.807, 2.05) is 61.5 Å². The largest absolute Gasteiger partial charge is 0.496 e. The minimum atomic E-state index is 0.397. The summed E-state index contributed by atoms with van der Waals surface area (Å²) in [7, 11) is 1.64. The maximum atomic E-state index is 5.91. The number of para-hydroxylation sites is 1. The number of hydrogen-bond acceptors (Lipinski definition) is 4. The summed E-state index contributed by atoms with van der Waals surface area (Å²) in [6, 6.07) is 19.7. The third-order valence-corrected chi connectivity index (χ3v) is 4.71. The molecule has 0 unspecified atom stereocenters. The summed E-state index contributed by atoms with van der Waals surface area (Å²) in [5.74, 6) is 2.24. The van der Waals surface area contributed by atoms with Crippen LogP contribution in [0.25, 0.3) is 10.9 Å². The lowest BCUT2D eigenvalue weighted by molar-refractivity contribution is 0.279. The fourth-order valence-electron chi connectivity index (χ4n) is 3.08. The molecule has 154 valence electrons. The lowest BCUT2D eigenvalue weighted by atomic mass is 10.1. The highest BCUT2D eigenvalue weighted by atomic mass is 16.5. The summed E-state index contributed by atoms with van der Waals surface area (Å²) in [6.07, 6.45) is 2.41. The number of nitrogens with zero attached hydrogens (tertiary/aromatic N) is 1. The smallest absolute Gasteiger partial charge is 0.130 e. The molecule has 0 atom stereocenters. The van der Waals surface area contributed by atoms with Crippen molar-refractivity contribution in [2.24, 2.45) is 0 Å². The number of fused-ring (bicyclic) bond motifs is 1. The Morgan fingerprint density at radius 2 is 1.77 bits per heavy atom. The number of pyridine rings is 1. The van der Waals surface area contributed by atoms with Gasteiger partial charge in [-0.15, -0.1) is 0 Å². The SMILES string of the molecule is C=C/C(C)=C(/OC)C(=C)CCOc1cccc(OCc2ccc3ccccc3n2)c1. The van der Waals surface area contributed by atoms with Gasteiger partial charge in [-0.25, -0.2) is 4.98 Å². The molecule has 1 heterocycles. The molecule has 30 heavy (non-hydrogen) atoms. The Balaban J connectivity index is 1.55. The van der Waals surface area contributed by atoms with Crippen molar-refractivity contribution in [1.29, 1.82) is 0 Å². The number of hydrogen-bond donors (Lipinski definition) is 0. The highest BCUT2D eigenvalue weighted by molar-refractivity contribution is 5.78. The summed E-state index contributed by atoms with van der Waals surface area (Å²) in [5, 5.41) is 1.12. The molecule has 0 radical (unpaired) electrons. The van der Waals surface area contributed by atoms with Gasteiger partial charge in [-0.05, 0) is 42.3 Å². The number of ether oxygens (including phenoxy) is 3. The highest BCUT2D eigenvalue weighted by Crippen LogP contribution is 2.23. The molecule has 0 fully saturated rings. The van der Waals surface area contributed by atoms with Crippen LogP contribution in [0.15, 0.2) is 96.8 Å². The second-order valence-electron chi connectivity index (χ2n) is 6.88. The van der Waals surface area contributed by atoms with Crippen molar-refractivity contribution in [3.8, 4) is 11.5 Å². The molecule has 0 saturated carbocycles. The second kappa shape index (κ2) is 10.3. The van der Waals surface area contributed by atoms with Gasteiger partial charge in [0.1, 0.15) is 23.9 Å². The average Bonchev–Trinajstić information content (AvgIpc) is 2.78. The Bertz CT molecular complexity index is 1070. The lowest BCUT2D eigenvalue weighted by Gasteiger charge is -2.13. The van der Waals surface area contributed by atoms with Crippen molar-refractivity contribution in [3.05, 3.63) is 102 Å². The van der Waals surface area contributed by atoms with Crippen LogP contribution < -0.4 is 9.47 Å². The van der Waals surface area contributed by atoms with Crippen LogP contribution in [0.2, 0.25) is 0 Å². The Kier molecular flexibility index (Phi) is 7.28. The molecule has 1 aromatic heterocycles. The molecule has 0 bridgehead atoms. The number of aromatic nitrogens is 1. The van der Waals surface area contributed by atoms with E-state index in [0.717, 1.165) is 45.0 Å². The average molecular weight is 402 g/mol. The van der Waals surface area contributed by atoms with Crippen LogP contribution in [-0.2, 0) is 11.3 Å². The minimum Gasteiger partial charge on any atom is -0.496 e. The maximum Gasteiger partial charge on any atom is 0.130 e. The molecule has 0 aliphatic heterocycles. The van der Waals surface area contributed by atoms with Crippen molar-refractivity contribution < 1.29 is 14.2 Å². The summed E-state index contributed by atoms with van der Waals surface area (Å²) < 4.78 is 17.2. The third kappa shape index (κ3) is 5.51. The minimum absolute atomic E-state index is 0.397. The van der Waals surface area contributed by atoms with Crippen LogP contribution in [-0.4, -0.2) is 18.7 Å². The van der Waals surface area contributed by atoms with E-state index in [-0.39, 0.29) is 0 Å². The van der Waals surface area contributed by atoms with Crippen LogP contribution in [0.3, 0.4) is 0 Å². The van der Waals surface area contributed by atoms with E-state index in [0.29, 0.717) is 19.6 Å². The first-order chi connectivity index (χ1) is 14.6. The second-order valence-corrected chi connectivity index (χ2v) is 6.88. The number of benzene rings is 2. The summed E-state index contributed by atoms with van der Waals surface area (Å²) in [6.45, 7) is 10.7. The predicted octanol–water partition coefficient (Wildman–Crippen LogP) is 6.25. The van der Waals surface area contributed by atoms with Gasteiger partial charge in [-0.1, -0.05) is 49.6 Å². The van der Waals surface area contributed by atoms with E-state index in [2.05, 4.69) is 24.2 Å².